The first-order valence-corrected chi connectivity index (χ1v) is 8.82. The number of ether oxygens (including phenoxy) is 1. The van der Waals surface area contributed by atoms with Gasteiger partial charge in [-0.25, -0.2) is 14.8 Å². The number of nitrogens with zero attached hydrogens (tertiary/aromatic N) is 2. The van der Waals surface area contributed by atoms with Crippen LogP contribution in [-0.4, -0.2) is 27.4 Å². The molecule has 2 aromatic rings. The van der Waals surface area contributed by atoms with Gasteiger partial charge in [-0.1, -0.05) is 44.2 Å². The summed E-state index contributed by atoms with van der Waals surface area (Å²) in [5.41, 5.74) is 1.82. The largest absolute Gasteiger partial charge is 0.573 e. The van der Waals surface area contributed by atoms with Crippen LogP contribution in [0.5, 0.6) is 5.75 Å². The fourth-order valence-electron chi connectivity index (χ4n) is 2.47. The molecule has 1 aliphatic rings. The molecule has 3 rings (SSSR count). The van der Waals surface area contributed by atoms with E-state index >= 15 is 0 Å². The van der Waals surface area contributed by atoms with Gasteiger partial charge in [0.2, 0.25) is 0 Å². The first-order valence-electron chi connectivity index (χ1n) is 8.82. The van der Waals surface area contributed by atoms with Crippen LogP contribution >= 0.6 is 0 Å². The normalized spacial score (nSPS) is 13.4. The number of aromatic nitrogens is 2. The molecule has 152 valence electrons. The number of aliphatic carboxylic acids is 1. The van der Waals surface area contributed by atoms with Crippen LogP contribution in [0.4, 0.5) is 13.2 Å². The molecule has 0 radical (unpaired) electrons. The molecule has 0 atom stereocenters. The summed E-state index contributed by atoms with van der Waals surface area (Å²) in [6, 6.07) is 7.04. The van der Waals surface area contributed by atoms with E-state index in [1.165, 1.54) is 36.5 Å². The summed E-state index contributed by atoms with van der Waals surface area (Å²) in [5, 5.41) is 9.05. The number of allylic oxidation sites excluding steroid dienone is 4. The van der Waals surface area contributed by atoms with E-state index in [4.69, 9.17) is 5.11 Å². The van der Waals surface area contributed by atoms with Gasteiger partial charge in [0.15, 0.2) is 5.82 Å². The lowest BCUT2D eigenvalue weighted by Crippen LogP contribution is -2.17. The third-order valence-corrected chi connectivity index (χ3v) is 3.66. The molecule has 5 nitrogen and oxygen atoms in total. The number of benzene rings is 1. The van der Waals surface area contributed by atoms with Gasteiger partial charge in [-0.3, -0.25) is 0 Å². The molecule has 0 bridgehead atoms. The average Bonchev–Trinajstić information content (AvgIpc) is 2.95. The van der Waals surface area contributed by atoms with Crippen LogP contribution in [0.1, 0.15) is 26.0 Å². The van der Waals surface area contributed by atoms with Gasteiger partial charge in [0.25, 0.3) is 0 Å². The van der Waals surface area contributed by atoms with Gasteiger partial charge < -0.3 is 9.84 Å². The maximum absolute atomic E-state index is 12.4. The Morgan fingerprint density at radius 1 is 1.17 bits per heavy atom. The summed E-state index contributed by atoms with van der Waals surface area (Å²) in [4.78, 5) is 19.5. The minimum Gasteiger partial charge on any atom is -0.478 e. The van der Waals surface area contributed by atoms with Crippen molar-refractivity contribution in [3.05, 3.63) is 72.1 Å². The molecule has 0 amide bonds. The summed E-state index contributed by atoms with van der Waals surface area (Å²) in [6.07, 6.45) is 3.50. The van der Waals surface area contributed by atoms with Crippen LogP contribution in [0.2, 0.25) is 0 Å². The Morgan fingerprint density at radius 2 is 1.93 bits per heavy atom. The summed E-state index contributed by atoms with van der Waals surface area (Å²) in [7, 11) is 0. The van der Waals surface area contributed by atoms with Crippen LogP contribution in [0, 0.1) is 0 Å². The fraction of sp³-hybridized carbons (Fsp3) is 0.190. The van der Waals surface area contributed by atoms with Gasteiger partial charge in [0, 0.05) is 11.8 Å². The molecule has 0 saturated heterocycles. The standard InChI is InChI=1S/C19H13F3N2O3.C2H6/c20-19(21,22)27-15-6-2-5-14(11-15)17-23-10-9-16(24-17)12-3-1-4-13(8-7-12)18(25)26;1-2/h1-2,4-11H,3H2,(H,25,26);1-2H3. The Balaban J connectivity index is 0.00000145. The Bertz CT molecular complexity index is 964. The van der Waals surface area contributed by atoms with Crippen molar-refractivity contribution in [3.63, 3.8) is 0 Å². The number of hydrogen-bond donors (Lipinski definition) is 1. The van der Waals surface area contributed by atoms with Crippen molar-refractivity contribution in [2.45, 2.75) is 26.6 Å². The van der Waals surface area contributed by atoms with Crippen molar-refractivity contribution < 1.29 is 27.8 Å². The van der Waals surface area contributed by atoms with Crippen molar-refractivity contribution in [3.8, 4) is 17.1 Å². The fourth-order valence-corrected chi connectivity index (χ4v) is 2.47. The maximum atomic E-state index is 12.4. The highest BCUT2D eigenvalue weighted by Gasteiger charge is 2.31. The van der Waals surface area contributed by atoms with Gasteiger partial charge in [0.1, 0.15) is 5.75 Å². The number of carbonyl (C=O) groups is 1. The van der Waals surface area contributed by atoms with Crippen molar-refractivity contribution >= 4 is 11.5 Å². The highest BCUT2D eigenvalue weighted by atomic mass is 19.4. The van der Waals surface area contributed by atoms with E-state index in [-0.39, 0.29) is 17.1 Å². The Hall–Kier alpha value is -3.42. The number of alkyl halides is 3. The predicted molar refractivity (Wildman–Crippen MR) is 103 cm³/mol. The molecule has 0 spiro atoms. The molecule has 0 saturated carbocycles. The molecule has 0 unspecified atom stereocenters. The zero-order valence-corrected chi connectivity index (χ0v) is 15.8. The SMILES string of the molecule is CC.O=C(O)C1=CC=C(c2ccnc(-c3cccc(OC(F)(F)F)c3)n2)CC=C1. The molecule has 1 aromatic heterocycles. The molecule has 0 fully saturated rings. The van der Waals surface area contributed by atoms with E-state index in [2.05, 4.69) is 14.7 Å². The lowest BCUT2D eigenvalue weighted by atomic mass is 10.1. The number of carboxylic acids is 1. The van der Waals surface area contributed by atoms with E-state index in [1.807, 2.05) is 13.8 Å². The third kappa shape index (κ3) is 6.31. The maximum Gasteiger partial charge on any atom is 0.573 e. The smallest absolute Gasteiger partial charge is 0.478 e. The highest BCUT2D eigenvalue weighted by molar-refractivity contribution is 5.91. The average molecular weight is 404 g/mol. The van der Waals surface area contributed by atoms with Crippen molar-refractivity contribution in [1.29, 1.82) is 0 Å². The second-order valence-corrected chi connectivity index (χ2v) is 5.57. The highest BCUT2D eigenvalue weighted by Crippen LogP contribution is 2.27. The first-order chi connectivity index (χ1) is 13.8. The van der Waals surface area contributed by atoms with E-state index in [0.29, 0.717) is 17.7 Å². The zero-order valence-electron chi connectivity index (χ0n) is 15.8. The second kappa shape index (κ2) is 9.68. The molecule has 8 heteroatoms. The molecule has 1 aliphatic carbocycles. The molecular formula is C21H19F3N2O3. The number of rotatable bonds is 4. The van der Waals surface area contributed by atoms with Crippen LogP contribution in [0.25, 0.3) is 17.0 Å². The van der Waals surface area contributed by atoms with Crippen LogP contribution in [0.15, 0.2) is 66.4 Å². The second-order valence-electron chi connectivity index (χ2n) is 5.57. The molecule has 29 heavy (non-hydrogen) atoms. The molecule has 1 N–H and O–H groups in total. The number of hydrogen-bond acceptors (Lipinski definition) is 4. The molecule has 1 aromatic carbocycles. The van der Waals surface area contributed by atoms with Crippen molar-refractivity contribution in [1.82, 2.24) is 9.97 Å². The minimum absolute atomic E-state index is 0.149. The number of carboxylic acid groups (broad SMARTS) is 1. The van der Waals surface area contributed by atoms with Gasteiger partial charge in [-0.05, 0) is 36.3 Å². The Morgan fingerprint density at radius 3 is 2.62 bits per heavy atom. The van der Waals surface area contributed by atoms with Gasteiger partial charge in [-0.2, -0.15) is 0 Å². The summed E-state index contributed by atoms with van der Waals surface area (Å²) < 4.78 is 41.1. The quantitative estimate of drug-likeness (QED) is 0.736. The molecule has 1 heterocycles. The van der Waals surface area contributed by atoms with Crippen LogP contribution in [0.3, 0.4) is 0 Å². The van der Waals surface area contributed by atoms with E-state index in [9.17, 15) is 18.0 Å². The predicted octanol–water partition coefficient (Wildman–Crippen LogP) is 5.42. The van der Waals surface area contributed by atoms with Crippen molar-refractivity contribution in [2.75, 3.05) is 0 Å². The topological polar surface area (TPSA) is 72.3 Å². The van der Waals surface area contributed by atoms with Gasteiger partial charge >= 0.3 is 12.3 Å². The lowest BCUT2D eigenvalue weighted by Gasteiger charge is -2.10. The summed E-state index contributed by atoms with van der Waals surface area (Å²) in [6.45, 7) is 4.00. The summed E-state index contributed by atoms with van der Waals surface area (Å²) in [5.74, 6) is -1.16. The van der Waals surface area contributed by atoms with Crippen LogP contribution < -0.4 is 4.74 Å². The molecule has 0 aliphatic heterocycles. The zero-order chi connectivity index (χ0) is 21.4. The van der Waals surface area contributed by atoms with E-state index in [1.54, 1.807) is 24.3 Å². The van der Waals surface area contributed by atoms with E-state index < -0.39 is 12.3 Å². The Labute approximate surface area is 165 Å². The third-order valence-electron chi connectivity index (χ3n) is 3.66. The lowest BCUT2D eigenvalue weighted by molar-refractivity contribution is -0.274. The van der Waals surface area contributed by atoms with Crippen molar-refractivity contribution in [2.24, 2.45) is 0 Å². The van der Waals surface area contributed by atoms with Crippen LogP contribution in [-0.2, 0) is 4.79 Å². The van der Waals surface area contributed by atoms with E-state index in [0.717, 1.165) is 5.57 Å². The minimum atomic E-state index is -4.78. The molecular weight excluding hydrogens is 385 g/mol. The first kappa shape index (κ1) is 21.9. The monoisotopic (exact) mass is 404 g/mol. The number of halogens is 3. The van der Waals surface area contributed by atoms with Gasteiger partial charge in [0.05, 0.1) is 11.3 Å². The summed E-state index contributed by atoms with van der Waals surface area (Å²) >= 11 is 0. The Kier molecular flexibility index (Phi) is 7.30. The van der Waals surface area contributed by atoms with Gasteiger partial charge in [-0.15, -0.1) is 13.2 Å².